The van der Waals surface area contributed by atoms with Crippen LogP contribution in [0.2, 0.25) is 0 Å². The van der Waals surface area contributed by atoms with Gasteiger partial charge in [-0.25, -0.2) is 4.79 Å². The molecule has 0 bridgehead atoms. The number of carbonyl (C=O) groups is 1. The summed E-state index contributed by atoms with van der Waals surface area (Å²) in [6.07, 6.45) is -4.41. The average molecular weight is 381 g/mol. The Hall–Kier alpha value is -3.41. The molecule has 0 amide bonds. The van der Waals surface area contributed by atoms with Crippen LogP contribution in [0.3, 0.4) is 0 Å². The molecule has 3 aromatic rings. The average Bonchev–Trinajstić information content (AvgIpc) is 2.84. The molecule has 140 valence electrons. The van der Waals surface area contributed by atoms with Crippen LogP contribution in [0.25, 0.3) is 11.1 Å². The summed E-state index contributed by atoms with van der Waals surface area (Å²) in [5, 5.41) is 9.36. The second-order valence-corrected chi connectivity index (χ2v) is 6.46. The first kappa shape index (κ1) is 18.0. The van der Waals surface area contributed by atoms with Gasteiger partial charge in [-0.1, -0.05) is 42.5 Å². The zero-order chi connectivity index (χ0) is 19.9. The molecule has 0 aromatic heterocycles. The molecule has 0 saturated carbocycles. The van der Waals surface area contributed by atoms with Gasteiger partial charge in [-0.2, -0.15) is 13.2 Å². The molecule has 1 N–H and O–H groups in total. The highest BCUT2D eigenvalue weighted by Gasteiger charge is 2.30. The van der Waals surface area contributed by atoms with Crippen molar-refractivity contribution in [3.63, 3.8) is 0 Å². The summed E-state index contributed by atoms with van der Waals surface area (Å²) in [6.45, 7) is 0.351. The van der Waals surface area contributed by atoms with Gasteiger partial charge in [0.1, 0.15) is 0 Å². The van der Waals surface area contributed by atoms with Crippen LogP contribution in [0.4, 0.5) is 13.2 Å². The highest BCUT2D eigenvalue weighted by Crippen LogP contribution is 2.34. The standard InChI is InChI=1S/C22H14F3NO2/c23-22(24,25)16-8-5-13(6-9-16)20-18-10-7-14(21(27)28)11-19(18)17-4-2-1-3-15(17)12-26-20/h1-11H,12H2,(H,27,28). The van der Waals surface area contributed by atoms with Gasteiger partial charge in [0, 0.05) is 11.1 Å². The maximum atomic E-state index is 12.9. The minimum Gasteiger partial charge on any atom is -0.478 e. The number of carboxylic acid groups (broad SMARTS) is 1. The van der Waals surface area contributed by atoms with E-state index in [0.717, 1.165) is 23.3 Å². The maximum absolute atomic E-state index is 12.9. The summed E-state index contributed by atoms with van der Waals surface area (Å²) in [4.78, 5) is 16.1. The van der Waals surface area contributed by atoms with Gasteiger partial charge in [0.2, 0.25) is 0 Å². The lowest BCUT2D eigenvalue weighted by molar-refractivity contribution is -0.137. The zero-order valence-corrected chi connectivity index (χ0v) is 14.5. The molecule has 1 heterocycles. The van der Waals surface area contributed by atoms with E-state index in [1.54, 1.807) is 12.1 Å². The van der Waals surface area contributed by atoms with E-state index < -0.39 is 17.7 Å². The molecule has 0 spiro atoms. The molecular weight excluding hydrogens is 367 g/mol. The third kappa shape index (κ3) is 3.17. The fraction of sp³-hybridized carbons (Fsp3) is 0.0909. The lowest BCUT2D eigenvalue weighted by Crippen LogP contribution is -2.08. The van der Waals surface area contributed by atoms with Gasteiger partial charge >= 0.3 is 12.1 Å². The summed E-state index contributed by atoms with van der Waals surface area (Å²) in [7, 11) is 0. The summed E-state index contributed by atoms with van der Waals surface area (Å²) in [6, 6.07) is 17.1. The van der Waals surface area contributed by atoms with Crippen LogP contribution in [-0.2, 0) is 12.7 Å². The number of hydrogen-bond donors (Lipinski definition) is 1. The Kier molecular flexibility index (Phi) is 4.26. The van der Waals surface area contributed by atoms with Gasteiger partial charge in [-0.15, -0.1) is 0 Å². The molecule has 3 aromatic carbocycles. The van der Waals surface area contributed by atoms with Crippen molar-refractivity contribution in [2.24, 2.45) is 4.99 Å². The topological polar surface area (TPSA) is 49.7 Å². The molecule has 0 atom stereocenters. The number of alkyl halides is 3. The predicted molar refractivity (Wildman–Crippen MR) is 99.6 cm³/mol. The van der Waals surface area contributed by atoms with E-state index in [4.69, 9.17) is 0 Å². The molecule has 0 saturated heterocycles. The maximum Gasteiger partial charge on any atom is 0.416 e. The van der Waals surface area contributed by atoms with Crippen molar-refractivity contribution in [1.82, 2.24) is 0 Å². The minimum absolute atomic E-state index is 0.141. The minimum atomic E-state index is -4.41. The van der Waals surface area contributed by atoms with Gasteiger partial charge in [0.05, 0.1) is 23.4 Å². The van der Waals surface area contributed by atoms with Crippen LogP contribution in [0.5, 0.6) is 0 Å². The zero-order valence-electron chi connectivity index (χ0n) is 14.5. The fourth-order valence-electron chi connectivity index (χ4n) is 3.34. The molecule has 6 heteroatoms. The third-order valence-electron chi connectivity index (χ3n) is 4.72. The van der Waals surface area contributed by atoms with Gasteiger partial charge in [0.25, 0.3) is 0 Å². The van der Waals surface area contributed by atoms with Crippen molar-refractivity contribution in [2.45, 2.75) is 12.7 Å². The Morgan fingerprint density at radius 3 is 2.29 bits per heavy atom. The molecule has 0 fully saturated rings. The van der Waals surface area contributed by atoms with E-state index in [1.807, 2.05) is 24.3 Å². The van der Waals surface area contributed by atoms with E-state index in [1.165, 1.54) is 18.2 Å². The van der Waals surface area contributed by atoms with Crippen molar-refractivity contribution < 1.29 is 23.1 Å². The molecule has 0 aliphatic carbocycles. The molecule has 0 unspecified atom stereocenters. The first-order valence-electron chi connectivity index (χ1n) is 8.52. The van der Waals surface area contributed by atoms with Crippen molar-refractivity contribution in [3.05, 3.63) is 94.5 Å². The molecule has 4 rings (SSSR count). The van der Waals surface area contributed by atoms with E-state index in [9.17, 15) is 23.1 Å². The van der Waals surface area contributed by atoms with Gasteiger partial charge < -0.3 is 5.11 Å². The number of aromatic carboxylic acids is 1. The Morgan fingerprint density at radius 1 is 0.893 bits per heavy atom. The van der Waals surface area contributed by atoms with Crippen LogP contribution in [0.1, 0.15) is 32.6 Å². The fourth-order valence-corrected chi connectivity index (χ4v) is 3.34. The van der Waals surface area contributed by atoms with E-state index in [-0.39, 0.29) is 5.56 Å². The highest BCUT2D eigenvalue weighted by atomic mass is 19.4. The van der Waals surface area contributed by atoms with Crippen LogP contribution in [0, 0.1) is 0 Å². The number of carboxylic acids is 1. The first-order valence-corrected chi connectivity index (χ1v) is 8.52. The van der Waals surface area contributed by atoms with E-state index in [0.29, 0.717) is 28.9 Å². The summed E-state index contributed by atoms with van der Waals surface area (Å²) in [5.41, 5.74) is 3.68. The van der Waals surface area contributed by atoms with Gasteiger partial charge in [-0.3, -0.25) is 4.99 Å². The number of aliphatic imine (C=N–C) groups is 1. The number of halogens is 3. The highest BCUT2D eigenvalue weighted by molar-refractivity contribution is 6.17. The van der Waals surface area contributed by atoms with E-state index >= 15 is 0 Å². The van der Waals surface area contributed by atoms with Crippen molar-refractivity contribution in [2.75, 3.05) is 0 Å². The van der Waals surface area contributed by atoms with Crippen molar-refractivity contribution >= 4 is 11.7 Å². The predicted octanol–water partition coefficient (Wildman–Crippen LogP) is 5.42. The Morgan fingerprint density at radius 2 is 1.61 bits per heavy atom. The summed E-state index contributed by atoms with van der Waals surface area (Å²) >= 11 is 0. The number of benzene rings is 3. The van der Waals surface area contributed by atoms with Crippen LogP contribution in [-0.4, -0.2) is 16.8 Å². The number of nitrogens with zero attached hydrogens (tertiary/aromatic N) is 1. The largest absolute Gasteiger partial charge is 0.478 e. The summed E-state index contributed by atoms with van der Waals surface area (Å²) < 4.78 is 38.6. The van der Waals surface area contributed by atoms with E-state index in [2.05, 4.69) is 4.99 Å². The smallest absolute Gasteiger partial charge is 0.416 e. The van der Waals surface area contributed by atoms with Gasteiger partial charge in [0.15, 0.2) is 0 Å². The van der Waals surface area contributed by atoms with Crippen LogP contribution >= 0.6 is 0 Å². The number of hydrogen-bond acceptors (Lipinski definition) is 2. The normalized spacial score (nSPS) is 13.2. The molecule has 28 heavy (non-hydrogen) atoms. The third-order valence-corrected chi connectivity index (χ3v) is 4.72. The molecule has 0 radical (unpaired) electrons. The number of rotatable bonds is 2. The summed E-state index contributed by atoms with van der Waals surface area (Å²) in [5.74, 6) is -1.04. The Labute approximate surface area is 158 Å². The van der Waals surface area contributed by atoms with Crippen molar-refractivity contribution in [3.8, 4) is 11.1 Å². The quantitative estimate of drug-likeness (QED) is 0.644. The monoisotopic (exact) mass is 381 g/mol. The molecule has 1 aliphatic heterocycles. The Balaban J connectivity index is 1.89. The SMILES string of the molecule is O=C(O)c1ccc2c(c1)-c1ccccc1CN=C2c1ccc(C(F)(F)F)cc1. The second-order valence-electron chi connectivity index (χ2n) is 6.46. The van der Waals surface area contributed by atoms with Gasteiger partial charge in [-0.05, 0) is 41.0 Å². The van der Waals surface area contributed by atoms with Crippen LogP contribution in [0.15, 0.2) is 71.7 Å². The Bertz CT molecular complexity index is 1100. The second kappa shape index (κ2) is 6.64. The molecule has 3 nitrogen and oxygen atoms in total. The lowest BCUT2D eigenvalue weighted by Gasteiger charge is -2.13. The van der Waals surface area contributed by atoms with Crippen molar-refractivity contribution in [1.29, 1.82) is 0 Å². The molecule has 1 aliphatic rings. The first-order chi connectivity index (χ1) is 13.3. The number of fused-ring (bicyclic) bond motifs is 3. The molecular formula is C22H14F3NO2. The lowest BCUT2D eigenvalue weighted by atomic mass is 9.90. The van der Waals surface area contributed by atoms with Crippen LogP contribution < -0.4 is 0 Å².